The van der Waals surface area contributed by atoms with Crippen LogP contribution in [0.2, 0.25) is 0 Å². The van der Waals surface area contributed by atoms with E-state index in [0.29, 0.717) is 29.2 Å². The minimum Gasteiger partial charge on any atom is -0.490 e. The van der Waals surface area contributed by atoms with Crippen molar-refractivity contribution < 1.29 is 19.1 Å². The van der Waals surface area contributed by atoms with Crippen molar-refractivity contribution in [3.05, 3.63) is 87.0 Å². The van der Waals surface area contributed by atoms with Crippen LogP contribution in [0.3, 0.4) is 0 Å². The second-order valence-electron chi connectivity index (χ2n) is 7.02. The van der Waals surface area contributed by atoms with Gasteiger partial charge in [0.25, 0.3) is 5.91 Å². The van der Waals surface area contributed by atoms with E-state index in [0.717, 1.165) is 14.8 Å². The van der Waals surface area contributed by atoms with Crippen LogP contribution in [0.1, 0.15) is 28.4 Å². The number of rotatable bonds is 9. The monoisotopic (exact) mass is 557 g/mol. The van der Waals surface area contributed by atoms with Crippen molar-refractivity contribution in [1.82, 2.24) is 5.43 Å². The van der Waals surface area contributed by atoms with Crippen molar-refractivity contribution in [1.29, 1.82) is 0 Å². The highest BCUT2D eigenvalue weighted by Gasteiger charge is 2.15. The number of nitrogens with one attached hydrogen (secondary N) is 2. The smallest absolute Gasteiger partial charge is 0.344 e. The van der Waals surface area contributed by atoms with Crippen molar-refractivity contribution >= 4 is 46.4 Å². The van der Waals surface area contributed by atoms with Crippen LogP contribution in [0, 0.1) is 10.5 Å². The summed E-state index contributed by atoms with van der Waals surface area (Å²) in [4.78, 5) is 24.6. The standard InChI is InChI=1S/C25H24IN3O4/c1-3-32-23-14-18(11-12-22(23)33-25(31)20-9-4-5-10-21(20)26)15-28-29-24(30)16-27-19-8-6-7-17(2)13-19/h4-15,27H,3,16H2,1-2H3,(H,29,30). The Labute approximate surface area is 206 Å². The van der Waals surface area contributed by atoms with Gasteiger partial charge in [0, 0.05) is 9.26 Å². The van der Waals surface area contributed by atoms with Crippen LogP contribution in [0.25, 0.3) is 0 Å². The fraction of sp³-hybridized carbons (Fsp3) is 0.160. The van der Waals surface area contributed by atoms with Crippen LogP contribution in [-0.2, 0) is 4.79 Å². The van der Waals surface area contributed by atoms with Gasteiger partial charge < -0.3 is 14.8 Å². The first-order chi connectivity index (χ1) is 16.0. The Hall–Kier alpha value is -3.40. The Balaban J connectivity index is 1.61. The average Bonchev–Trinajstić information content (AvgIpc) is 2.80. The molecule has 0 saturated heterocycles. The first kappa shape index (κ1) is 24.2. The van der Waals surface area contributed by atoms with Gasteiger partial charge in [0.2, 0.25) is 0 Å². The van der Waals surface area contributed by atoms with E-state index >= 15 is 0 Å². The summed E-state index contributed by atoms with van der Waals surface area (Å²) in [5.41, 5.74) is 5.62. The fourth-order valence-corrected chi connectivity index (χ4v) is 3.50. The summed E-state index contributed by atoms with van der Waals surface area (Å²) in [7, 11) is 0. The molecular formula is C25H24IN3O4. The average molecular weight is 557 g/mol. The van der Waals surface area contributed by atoms with Crippen LogP contribution < -0.4 is 20.2 Å². The molecule has 3 aromatic carbocycles. The molecule has 0 bridgehead atoms. The molecule has 0 aliphatic carbocycles. The zero-order chi connectivity index (χ0) is 23.6. The van der Waals surface area contributed by atoms with E-state index in [9.17, 15) is 9.59 Å². The number of hydrazone groups is 1. The van der Waals surface area contributed by atoms with Crippen molar-refractivity contribution in [3.63, 3.8) is 0 Å². The van der Waals surface area contributed by atoms with Gasteiger partial charge in [0.1, 0.15) is 0 Å². The van der Waals surface area contributed by atoms with Crippen LogP contribution >= 0.6 is 22.6 Å². The lowest BCUT2D eigenvalue weighted by molar-refractivity contribution is -0.119. The van der Waals surface area contributed by atoms with E-state index in [-0.39, 0.29) is 12.5 Å². The molecule has 0 atom stereocenters. The Morgan fingerprint density at radius 2 is 1.85 bits per heavy atom. The number of anilines is 1. The highest BCUT2D eigenvalue weighted by molar-refractivity contribution is 14.1. The molecule has 0 aliphatic rings. The predicted octanol–water partition coefficient (Wildman–Crippen LogP) is 4.78. The van der Waals surface area contributed by atoms with Crippen LogP contribution in [0.4, 0.5) is 5.69 Å². The normalized spacial score (nSPS) is 10.6. The number of hydrogen-bond donors (Lipinski definition) is 2. The van der Waals surface area contributed by atoms with Gasteiger partial charge in [-0.3, -0.25) is 4.79 Å². The summed E-state index contributed by atoms with van der Waals surface area (Å²) in [5.74, 6) is -0.0187. The van der Waals surface area contributed by atoms with E-state index < -0.39 is 5.97 Å². The molecule has 33 heavy (non-hydrogen) atoms. The van der Waals surface area contributed by atoms with Gasteiger partial charge in [0.15, 0.2) is 11.5 Å². The lowest BCUT2D eigenvalue weighted by atomic mass is 10.2. The number of hydrogen-bond acceptors (Lipinski definition) is 6. The summed E-state index contributed by atoms with van der Waals surface area (Å²) in [5, 5.41) is 7.04. The molecule has 1 amide bonds. The van der Waals surface area contributed by atoms with Crippen LogP contribution in [0.5, 0.6) is 11.5 Å². The van der Waals surface area contributed by atoms with E-state index in [1.165, 1.54) is 6.21 Å². The summed E-state index contributed by atoms with van der Waals surface area (Å²) < 4.78 is 12.0. The zero-order valence-electron chi connectivity index (χ0n) is 18.3. The summed E-state index contributed by atoms with van der Waals surface area (Å²) in [6.07, 6.45) is 1.50. The molecule has 0 fully saturated rings. The largest absolute Gasteiger partial charge is 0.490 e. The Morgan fingerprint density at radius 1 is 1.03 bits per heavy atom. The van der Waals surface area contributed by atoms with Gasteiger partial charge in [-0.15, -0.1) is 0 Å². The third-order valence-corrected chi connectivity index (χ3v) is 5.38. The summed E-state index contributed by atoms with van der Waals surface area (Å²) in [6.45, 7) is 4.32. The second-order valence-corrected chi connectivity index (χ2v) is 8.19. The topological polar surface area (TPSA) is 89.0 Å². The molecule has 0 radical (unpaired) electrons. The van der Waals surface area contributed by atoms with E-state index in [2.05, 4.69) is 38.4 Å². The van der Waals surface area contributed by atoms with Gasteiger partial charge in [-0.05, 0) is 90.0 Å². The number of benzene rings is 3. The highest BCUT2D eigenvalue weighted by atomic mass is 127. The third-order valence-electron chi connectivity index (χ3n) is 4.44. The first-order valence-corrected chi connectivity index (χ1v) is 11.4. The van der Waals surface area contributed by atoms with Gasteiger partial charge >= 0.3 is 5.97 Å². The van der Waals surface area contributed by atoms with Gasteiger partial charge in [-0.2, -0.15) is 5.10 Å². The number of halogens is 1. The van der Waals surface area contributed by atoms with E-state index in [1.807, 2.05) is 50.2 Å². The second kappa shape index (κ2) is 12.0. The number of nitrogens with zero attached hydrogens (tertiary/aromatic N) is 1. The Bertz CT molecular complexity index is 1160. The van der Waals surface area contributed by atoms with Crippen molar-refractivity contribution in [2.24, 2.45) is 5.10 Å². The lowest BCUT2D eigenvalue weighted by Crippen LogP contribution is -2.25. The summed E-state index contributed by atoms with van der Waals surface area (Å²) >= 11 is 2.09. The molecule has 0 aromatic heterocycles. The maximum atomic E-state index is 12.5. The number of ether oxygens (including phenoxy) is 2. The maximum absolute atomic E-state index is 12.5. The first-order valence-electron chi connectivity index (χ1n) is 10.3. The fourth-order valence-electron chi connectivity index (χ4n) is 2.89. The molecule has 0 aliphatic heterocycles. The molecule has 7 nitrogen and oxygen atoms in total. The van der Waals surface area contributed by atoms with Gasteiger partial charge in [-0.25, -0.2) is 10.2 Å². The molecular weight excluding hydrogens is 533 g/mol. The molecule has 0 spiro atoms. The zero-order valence-corrected chi connectivity index (χ0v) is 20.5. The molecule has 3 aromatic rings. The number of carbonyl (C=O) groups is 2. The Morgan fingerprint density at radius 3 is 2.61 bits per heavy atom. The minimum absolute atomic E-state index is 0.0954. The number of carbonyl (C=O) groups excluding carboxylic acids is 2. The van der Waals surface area contributed by atoms with Gasteiger partial charge in [0.05, 0.1) is 24.9 Å². The minimum atomic E-state index is -0.462. The quantitative estimate of drug-likeness (QED) is 0.130. The molecule has 0 unspecified atom stereocenters. The predicted molar refractivity (Wildman–Crippen MR) is 137 cm³/mol. The lowest BCUT2D eigenvalue weighted by Gasteiger charge is -2.12. The number of aryl methyl sites for hydroxylation is 1. The molecule has 0 heterocycles. The van der Waals surface area contributed by atoms with Gasteiger partial charge in [-0.1, -0.05) is 24.3 Å². The molecule has 0 saturated carbocycles. The molecule has 170 valence electrons. The van der Waals surface area contributed by atoms with E-state index in [4.69, 9.17) is 9.47 Å². The third kappa shape index (κ3) is 7.31. The number of esters is 1. The number of amides is 1. The molecule has 8 heteroatoms. The Kier molecular flexibility index (Phi) is 8.82. The summed E-state index contributed by atoms with van der Waals surface area (Å²) in [6, 6.07) is 20.0. The van der Waals surface area contributed by atoms with Crippen LogP contribution in [0.15, 0.2) is 71.8 Å². The van der Waals surface area contributed by atoms with E-state index in [1.54, 1.807) is 30.3 Å². The van der Waals surface area contributed by atoms with Crippen LogP contribution in [-0.4, -0.2) is 31.2 Å². The van der Waals surface area contributed by atoms with Crippen molar-refractivity contribution in [2.45, 2.75) is 13.8 Å². The molecule has 2 N–H and O–H groups in total. The van der Waals surface area contributed by atoms with Crippen molar-refractivity contribution in [2.75, 3.05) is 18.5 Å². The molecule has 3 rings (SSSR count). The van der Waals surface area contributed by atoms with Crippen molar-refractivity contribution in [3.8, 4) is 11.5 Å². The maximum Gasteiger partial charge on any atom is 0.344 e. The SMILES string of the molecule is CCOc1cc(C=NNC(=O)CNc2cccc(C)c2)ccc1OC(=O)c1ccccc1I. The highest BCUT2D eigenvalue weighted by Crippen LogP contribution is 2.29.